The van der Waals surface area contributed by atoms with Crippen molar-refractivity contribution in [3.8, 4) is 6.07 Å². The van der Waals surface area contributed by atoms with Crippen molar-refractivity contribution < 1.29 is 4.79 Å². The highest BCUT2D eigenvalue weighted by Gasteiger charge is 2.17. The summed E-state index contributed by atoms with van der Waals surface area (Å²) >= 11 is 5.14. The summed E-state index contributed by atoms with van der Waals surface area (Å²) in [6.07, 6.45) is 0.691. The SMILES string of the molecule is CC(=O)c1c(C)[nH]c(=S)c(C#N)c1CC(C)C. The standard InChI is InChI=1S/C13H16N2OS/c1-7(2)5-10-11(6-14)13(17)15-8(3)12(10)9(4)16/h7H,5H2,1-4H3,(H,15,17). The number of ketones is 1. The first-order chi connectivity index (χ1) is 7.88. The number of nitrogens with one attached hydrogen (secondary N) is 1. The van der Waals surface area contributed by atoms with Gasteiger partial charge in [-0.2, -0.15) is 5.26 Å². The molecule has 1 heterocycles. The van der Waals surface area contributed by atoms with E-state index in [0.29, 0.717) is 28.1 Å². The third kappa shape index (κ3) is 2.80. The molecule has 0 spiro atoms. The van der Waals surface area contributed by atoms with Gasteiger partial charge in [0.15, 0.2) is 5.78 Å². The third-order valence-corrected chi connectivity index (χ3v) is 2.89. The maximum absolute atomic E-state index is 11.7. The first kappa shape index (κ1) is 13.6. The van der Waals surface area contributed by atoms with Crippen molar-refractivity contribution in [2.45, 2.75) is 34.1 Å². The number of carbonyl (C=O) groups excluding carboxylic acids is 1. The molecule has 0 saturated carbocycles. The van der Waals surface area contributed by atoms with Crippen molar-refractivity contribution in [3.63, 3.8) is 0 Å². The number of Topliss-reactive ketones (excluding diaryl/α,β-unsaturated/α-hetero) is 1. The number of H-pyrrole nitrogens is 1. The van der Waals surface area contributed by atoms with Crippen molar-refractivity contribution in [2.24, 2.45) is 5.92 Å². The molecule has 0 bridgehead atoms. The van der Waals surface area contributed by atoms with Crippen LogP contribution in [-0.2, 0) is 6.42 Å². The maximum atomic E-state index is 11.7. The van der Waals surface area contributed by atoms with Crippen molar-refractivity contribution in [1.82, 2.24) is 4.98 Å². The summed E-state index contributed by atoms with van der Waals surface area (Å²) in [5.41, 5.74) is 2.58. The van der Waals surface area contributed by atoms with Crippen LogP contribution in [0.15, 0.2) is 0 Å². The minimum absolute atomic E-state index is 0.0269. The predicted octanol–water partition coefficient (Wildman–Crippen LogP) is 3.33. The maximum Gasteiger partial charge on any atom is 0.161 e. The summed E-state index contributed by atoms with van der Waals surface area (Å²) in [5, 5.41) is 9.16. The van der Waals surface area contributed by atoms with Gasteiger partial charge in [0.2, 0.25) is 0 Å². The molecule has 0 atom stereocenters. The summed E-state index contributed by atoms with van der Waals surface area (Å²) in [4.78, 5) is 14.6. The molecule has 0 aromatic carbocycles. The number of nitriles is 1. The molecule has 0 fully saturated rings. The summed E-state index contributed by atoms with van der Waals surface area (Å²) in [6, 6.07) is 2.10. The van der Waals surface area contributed by atoms with Gasteiger partial charge in [-0.3, -0.25) is 4.79 Å². The Hall–Kier alpha value is -1.47. The fourth-order valence-electron chi connectivity index (χ4n) is 1.99. The van der Waals surface area contributed by atoms with Gasteiger partial charge in [0, 0.05) is 11.3 Å². The molecule has 0 unspecified atom stereocenters. The highest BCUT2D eigenvalue weighted by Crippen LogP contribution is 2.22. The average molecular weight is 248 g/mol. The second-order valence-electron chi connectivity index (χ2n) is 4.57. The van der Waals surface area contributed by atoms with Gasteiger partial charge >= 0.3 is 0 Å². The molecule has 4 heteroatoms. The molecule has 1 rings (SSSR count). The van der Waals surface area contributed by atoms with Crippen molar-refractivity contribution >= 4 is 18.0 Å². The molecule has 0 radical (unpaired) electrons. The summed E-state index contributed by atoms with van der Waals surface area (Å²) in [7, 11) is 0. The zero-order valence-electron chi connectivity index (χ0n) is 10.5. The van der Waals surface area contributed by atoms with Gasteiger partial charge in [-0.25, -0.2) is 0 Å². The fourth-order valence-corrected chi connectivity index (χ4v) is 2.31. The molecule has 0 aliphatic carbocycles. The van der Waals surface area contributed by atoms with Crippen LogP contribution in [0.4, 0.5) is 0 Å². The van der Waals surface area contributed by atoms with E-state index in [1.165, 1.54) is 6.92 Å². The monoisotopic (exact) mass is 248 g/mol. The van der Waals surface area contributed by atoms with Crippen LogP contribution in [0.5, 0.6) is 0 Å². The molecule has 1 aromatic rings. The lowest BCUT2D eigenvalue weighted by molar-refractivity contribution is 0.101. The van der Waals surface area contributed by atoms with Gasteiger partial charge in [0.1, 0.15) is 10.7 Å². The molecule has 1 aromatic heterocycles. The first-order valence-corrected chi connectivity index (χ1v) is 5.96. The third-order valence-electron chi connectivity index (χ3n) is 2.58. The minimum Gasteiger partial charge on any atom is -0.349 e. The molecule has 0 saturated heterocycles. The van der Waals surface area contributed by atoms with Crippen LogP contribution in [0.2, 0.25) is 0 Å². The Balaban J connectivity index is 3.64. The van der Waals surface area contributed by atoms with Crippen molar-refractivity contribution in [2.75, 3.05) is 0 Å². The van der Waals surface area contributed by atoms with E-state index in [9.17, 15) is 4.79 Å². The summed E-state index contributed by atoms with van der Waals surface area (Å²) in [6.45, 7) is 7.45. The quantitative estimate of drug-likeness (QED) is 0.659. The van der Waals surface area contributed by atoms with Crippen molar-refractivity contribution in [3.05, 3.63) is 27.0 Å². The highest BCUT2D eigenvalue weighted by molar-refractivity contribution is 7.71. The zero-order valence-corrected chi connectivity index (χ0v) is 11.4. The Labute approximate surface area is 106 Å². The number of carbonyl (C=O) groups is 1. The van der Waals surface area contributed by atoms with Gasteiger partial charge in [-0.15, -0.1) is 0 Å². The van der Waals surface area contributed by atoms with E-state index < -0.39 is 0 Å². The van der Waals surface area contributed by atoms with E-state index in [4.69, 9.17) is 17.5 Å². The van der Waals surface area contributed by atoms with E-state index in [0.717, 1.165) is 11.3 Å². The predicted molar refractivity (Wildman–Crippen MR) is 69.6 cm³/mol. The van der Waals surface area contributed by atoms with Crippen LogP contribution in [0, 0.1) is 28.8 Å². The Morgan fingerprint density at radius 1 is 1.53 bits per heavy atom. The smallest absolute Gasteiger partial charge is 0.161 e. The van der Waals surface area contributed by atoms with Gasteiger partial charge < -0.3 is 4.98 Å². The van der Waals surface area contributed by atoms with Gasteiger partial charge in [0.25, 0.3) is 0 Å². The molecule has 0 amide bonds. The molecule has 90 valence electrons. The Morgan fingerprint density at radius 3 is 2.53 bits per heavy atom. The van der Waals surface area contributed by atoms with Crippen LogP contribution in [0.1, 0.15) is 48.0 Å². The number of pyridine rings is 1. The number of rotatable bonds is 3. The van der Waals surface area contributed by atoms with Crippen LogP contribution in [0.25, 0.3) is 0 Å². The first-order valence-electron chi connectivity index (χ1n) is 5.55. The van der Waals surface area contributed by atoms with E-state index in [-0.39, 0.29) is 5.78 Å². The van der Waals surface area contributed by atoms with E-state index in [1.807, 2.05) is 6.92 Å². The Morgan fingerprint density at radius 2 is 2.12 bits per heavy atom. The topological polar surface area (TPSA) is 56.6 Å². The summed E-state index contributed by atoms with van der Waals surface area (Å²) < 4.78 is 0.422. The number of aromatic amines is 1. The molecule has 1 N–H and O–H groups in total. The normalized spacial score (nSPS) is 10.4. The number of hydrogen-bond acceptors (Lipinski definition) is 3. The largest absolute Gasteiger partial charge is 0.349 e. The van der Waals surface area contributed by atoms with Crippen molar-refractivity contribution in [1.29, 1.82) is 5.26 Å². The summed E-state index contributed by atoms with van der Waals surface area (Å²) in [5.74, 6) is 0.345. The van der Waals surface area contributed by atoms with E-state index >= 15 is 0 Å². The second kappa shape index (κ2) is 5.24. The van der Waals surface area contributed by atoms with E-state index in [1.54, 1.807) is 0 Å². The Kier molecular flexibility index (Phi) is 4.19. The number of aryl methyl sites for hydroxylation is 1. The number of hydrogen-bond donors (Lipinski definition) is 1. The van der Waals surface area contributed by atoms with Gasteiger partial charge in [-0.1, -0.05) is 26.1 Å². The fraction of sp³-hybridized carbons (Fsp3) is 0.462. The zero-order chi connectivity index (χ0) is 13.2. The molecule has 0 aliphatic rings. The van der Waals surface area contributed by atoms with Gasteiger partial charge in [0.05, 0.1) is 5.56 Å². The highest BCUT2D eigenvalue weighted by atomic mass is 32.1. The molecule has 17 heavy (non-hydrogen) atoms. The molecular weight excluding hydrogens is 232 g/mol. The van der Waals surface area contributed by atoms with Crippen LogP contribution in [0.3, 0.4) is 0 Å². The van der Waals surface area contributed by atoms with E-state index in [2.05, 4.69) is 24.9 Å². The number of nitrogens with zero attached hydrogens (tertiary/aromatic N) is 1. The molecular formula is C13H16N2OS. The lowest BCUT2D eigenvalue weighted by Crippen LogP contribution is -2.10. The Bertz CT molecular complexity index is 550. The molecule has 0 aliphatic heterocycles. The van der Waals surface area contributed by atoms with Crippen LogP contribution < -0.4 is 0 Å². The molecule has 3 nitrogen and oxygen atoms in total. The van der Waals surface area contributed by atoms with Gasteiger partial charge in [-0.05, 0) is 31.7 Å². The van der Waals surface area contributed by atoms with Crippen LogP contribution >= 0.6 is 12.2 Å². The minimum atomic E-state index is -0.0269. The second-order valence-corrected chi connectivity index (χ2v) is 4.98. The lowest BCUT2D eigenvalue weighted by Gasteiger charge is -2.14. The average Bonchev–Trinajstić information content (AvgIpc) is 2.15. The number of aromatic nitrogens is 1. The lowest BCUT2D eigenvalue weighted by atomic mass is 9.92. The van der Waals surface area contributed by atoms with Crippen LogP contribution in [-0.4, -0.2) is 10.8 Å².